The van der Waals surface area contributed by atoms with Crippen molar-refractivity contribution in [1.82, 2.24) is 52.4 Å². The molecule has 2 heterocycles. The SMILES string of the molecule is CC[C@H](C)[C@H](NC(=O)[C@H](CO)NC(=O)[C@H](CO)NC(=O)[C@H](CS)NC(=O)[C@H](C)N)C(=O)N[C@@H](Cc1c[nH]c2ccccc12)C(=O)N[C@@H](CS)C(=O)N1CCC[C@H]1C(=O)N[C@@H](CC(=O)O)C(=O)NCC=O. The highest BCUT2D eigenvalue weighted by atomic mass is 32.1. The van der Waals surface area contributed by atoms with Crippen LogP contribution in [0.15, 0.2) is 30.5 Å². The third kappa shape index (κ3) is 16.4. The van der Waals surface area contributed by atoms with Crippen molar-refractivity contribution >= 4 is 102 Å². The molecule has 0 saturated carbocycles. The minimum Gasteiger partial charge on any atom is -0.481 e. The second kappa shape index (κ2) is 28.4. The topological polar surface area (TPSA) is 390 Å². The molecule has 0 aliphatic carbocycles. The first-order valence-corrected chi connectivity index (χ1v) is 23.6. The number of carbonyl (C=O) groups excluding carboxylic acids is 10. The Morgan fingerprint density at radius 2 is 1.31 bits per heavy atom. The van der Waals surface area contributed by atoms with Crippen molar-refractivity contribution in [3.05, 3.63) is 36.0 Å². The molecule has 1 aliphatic rings. The first-order chi connectivity index (χ1) is 33.2. The number of aliphatic hydroxyl groups excluding tert-OH is 2. The van der Waals surface area contributed by atoms with Crippen LogP contribution in [-0.2, 0) is 59.2 Å². The number of aliphatic hydroxyl groups is 2. The molecule has 3 rings (SSSR count). The van der Waals surface area contributed by atoms with Gasteiger partial charge in [0.2, 0.25) is 53.2 Å². The molecule has 0 bridgehead atoms. The summed E-state index contributed by atoms with van der Waals surface area (Å²) in [6, 6.07) is -5.53. The summed E-state index contributed by atoms with van der Waals surface area (Å²) in [5, 5.41) is 49.3. The second-order valence-electron chi connectivity index (χ2n) is 16.5. The molecule has 1 aromatic heterocycles. The molecule has 1 saturated heterocycles. The van der Waals surface area contributed by atoms with Crippen molar-refractivity contribution in [3.63, 3.8) is 0 Å². The monoisotopic (exact) mass is 1020 g/mol. The summed E-state index contributed by atoms with van der Waals surface area (Å²) in [5.74, 6) is -10.6. The first kappa shape index (κ1) is 58.0. The van der Waals surface area contributed by atoms with Crippen molar-refractivity contribution in [2.24, 2.45) is 11.7 Å². The van der Waals surface area contributed by atoms with E-state index in [0.29, 0.717) is 35.6 Å². The number of carbonyl (C=O) groups is 11. The number of nitrogens with zero attached hydrogens (tertiary/aromatic N) is 1. The minimum absolute atomic E-state index is 0.0408. The number of fused-ring (bicyclic) bond motifs is 1. The predicted molar refractivity (Wildman–Crippen MR) is 257 cm³/mol. The molecule has 2 aromatic rings. The molecular weight excluding hydrogens is 959 g/mol. The number of amides is 9. The average molecular weight is 1020 g/mol. The van der Waals surface area contributed by atoms with Crippen LogP contribution in [0.5, 0.6) is 0 Å². The van der Waals surface area contributed by atoms with Crippen molar-refractivity contribution < 1.29 is 68.1 Å². The largest absolute Gasteiger partial charge is 0.481 e. The zero-order valence-electron chi connectivity index (χ0n) is 38.8. The van der Waals surface area contributed by atoms with E-state index in [1.54, 1.807) is 44.3 Å². The smallest absolute Gasteiger partial charge is 0.305 e. The normalized spacial score (nSPS) is 17.1. The van der Waals surface area contributed by atoms with E-state index in [9.17, 15) is 68.1 Å². The van der Waals surface area contributed by atoms with Crippen LogP contribution < -0.4 is 48.3 Å². The molecule has 1 aromatic carbocycles. The Hall–Kier alpha value is -6.29. The van der Waals surface area contributed by atoms with Crippen molar-refractivity contribution in [2.75, 3.05) is 37.8 Å². The molecule has 386 valence electrons. The van der Waals surface area contributed by atoms with Crippen LogP contribution in [0, 0.1) is 5.92 Å². The Labute approximate surface area is 413 Å². The number of nitrogens with one attached hydrogen (secondary N) is 9. The van der Waals surface area contributed by atoms with E-state index in [4.69, 9.17) is 5.73 Å². The molecule has 25 nitrogen and oxygen atoms in total. The molecule has 0 radical (unpaired) electrons. The van der Waals surface area contributed by atoms with E-state index >= 15 is 0 Å². The number of carboxylic acid groups (broad SMARTS) is 1. The maximum Gasteiger partial charge on any atom is 0.305 e. The van der Waals surface area contributed by atoms with Gasteiger partial charge in [-0.05, 0) is 37.3 Å². The van der Waals surface area contributed by atoms with Crippen LogP contribution in [-0.4, -0.2) is 183 Å². The van der Waals surface area contributed by atoms with Crippen LogP contribution in [0.3, 0.4) is 0 Å². The highest BCUT2D eigenvalue weighted by molar-refractivity contribution is 7.80. The minimum atomic E-state index is -1.73. The first-order valence-electron chi connectivity index (χ1n) is 22.4. The molecule has 1 aliphatic heterocycles. The number of benzene rings is 1. The third-order valence-corrected chi connectivity index (χ3v) is 12.1. The molecule has 9 amide bonds. The molecule has 1 fully saturated rings. The highest BCUT2D eigenvalue weighted by Crippen LogP contribution is 2.22. The van der Waals surface area contributed by atoms with Gasteiger partial charge >= 0.3 is 5.97 Å². The zero-order valence-corrected chi connectivity index (χ0v) is 40.6. The number of hydrogen-bond donors (Lipinski definition) is 15. The van der Waals surface area contributed by atoms with E-state index in [-0.39, 0.29) is 30.9 Å². The van der Waals surface area contributed by atoms with Gasteiger partial charge in [0.25, 0.3) is 0 Å². The van der Waals surface area contributed by atoms with E-state index in [1.807, 2.05) is 0 Å². The lowest BCUT2D eigenvalue weighted by Gasteiger charge is -2.31. The number of thiol groups is 2. The van der Waals surface area contributed by atoms with E-state index in [1.165, 1.54) is 6.92 Å². The number of hydrogen-bond acceptors (Lipinski definition) is 16. The van der Waals surface area contributed by atoms with Gasteiger partial charge in [-0.1, -0.05) is 38.5 Å². The summed E-state index contributed by atoms with van der Waals surface area (Å²) in [6.07, 6.45) is 1.76. The lowest BCUT2D eigenvalue weighted by molar-refractivity contribution is -0.143. The second-order valence-corrected chi connectivity index (χ2v) is 17.3. The lowest BCUT2D eigenvalue weighted by atomic mass is 9.96. The van der Waals surface area contributed by atoms with Gasteiger partial charge in [0.1, 0.15) is 54.6 Å². The Kier molecular flexibility index (Phi) is 23.5. The fourth-order valence-electron chi connectivity index (χ4n) is 7.26. The fourth-order valence-corrected chi connectivity index (χ4v) is 7.76. The van der Waals surface area contributed by atoms with Gasteiger partial charge in [0, 0.05) is 41.6 Å². The average Bonchev–Trinajstić information content (AvgIpc) is 4.00. The van der Waals surface area contributed by atoms with Crippen LogP contribution in [0.25, 0.3) is 10.9 Å². The maximum absolute atomic E-state index is 14.3. The van der Waals surface area contributed by atoms with Crippen molar-refractivity contribution in [2.45, 2.75) is 107 Å². The number of aromatic nitrogens is 1. The molecule has 14 N–H and O–H groups in total. The van der Waals surface area contributed by atoms with Gasteiger partial charge in [-0.15, -0.1) is 0 Å². The lowest BCUT2D eigenvalue weighted by Crippen LogP contribution is -2.62. The predicted octanol–water partition coefficient (Wildman–Crippen LogP) is -4.88. The summed E-state index contributed by atoms with van der Waals surface area (Å²) in [7, 11) is 0. The van der Waals surface area contributed by atoms with E-state index in [2.05, 4.69) is 72.8 Å². The van der Waals surface area contributed by atoms with Gasteiger partial charge in [-0.3, -0.25) is 47.9 Å². The highest BCUT2D eigenvalue weighted by Gasteiger charge is 2.40. The number of para-hydroxylation sites is 1. The standard InChI is InChI=1S/C43H63N11O14S2/c1-4-21(2)34(53-39(64)29(18-57)49-38(63)28(17-56)50-40(65)30(19-69)51-35(60)22(3)44)42(67)48-26(14-23-16-46-25-9-6-5-8-24(23)25)37(62)52-31(20-70)43(68)54-12-7-10-32(54)41(66)47-27(15-33(58)59)36(61)45-11-13-55/h5-6,8-9,13,16,21-22,26-32,34,46,56-57,69-70H,4,7,10-12,14-15,17-20,44H2,1-3H3,(H,45,61)(H,47,66)(H,48,67)(H,49,63)(H,50,65)(H,51,60)(H,52,62)(H,53,64)(H,58,59)/t21-,22-,26-,27-,28-,29-,30-,31-,32-,34-/m0/s1. The summed E-state index contributed by atoms with van der Waals surface area (Å²) in [6.45, 7) is 2.34. The van der Waals surface area contributed by atoms with E-state index in [0.717, 1.165) is 4.90 Å². The van der Waals surface area contributed by atoms with Gasteiger partial charge < -0.3 is 78.3 Å². The van der Waals surface area contributed by atoms with Crippen molar-refractivity contribution in [3.8, 4) is 0 Å². The summed E-state index contributed by atoms with van der Waals surface area (Å²) < 4.78 is 0. The fraction of sp³-hybridized carbons (Fsp3) is 0.558. The Morgan fingerprint density at radius 1 is 0.757 bits per heavy atom. The van der Waals surface area contributed by atoms with Crippen LogP contribution >= 0.6 is 25.3 Å². The summed E-state index contributed by atoms with van der Waals surface area (Å²) in [4.78, 5) is 147. The maximum atomic E-state index is 14.3. The Morgan fingerprint density at radius 3 is 1.89 bits per heavy atom. The Bertz CT molecular complexity index is 2210. The third-order valence-electron chi connectivity index (χ3n) is 11.4. The van der Waals surface area contributed by atoms with Crippen LogP contribution in [0.2, 0.25) is 0 Å². The summed E-state index contributed by atoms with van der Waals surface area (Å²) in [5.41, 5.74) is 6.82. The number of aliphatic carboxylic acids is 1. The van der Waals surface area contributed by atoms with Crippen LogP contribution in [0.1, 0.15) is 52.0 Å². The quantitative estimate of drug-likeness (QED) is 0.0281. The number of aldehydes is 1. The van der Waals surface area contributed by atoms with Gasteiger partial charge in [-0.2, -0.15) is 25.3 Å². The van der Waals surface area contributed by atoms with E-state index < -0.39 is 146 Å². The molecular formula is C43H63N11O14S2. The number of aromatic amines is 1. The number of H-pyrrole nitrogens is 1. The van der Waals surface area contributed by atoms with Crippen molar-refractivity contribution in [1.29, 1.82) is 0 Å². The van der Waals surface area contributed by atoms with Gasteiger partial charge in [0.05, 0.1) is 32.2 Å². The molecule has 10 atom stereocenters. The molecule has 0 unspecified atom stereocenters. The molecule has 27 heteroatoms. The van der Waals surface area contributed by atoms with Gasteiger partial charge in [0.15, 0.2) is 0 Å². The molecule has 0 spiro atoms. The number of rotatable bonds is 28. The number of nitrogens with two attached hydrogens (primary N) is 1. The number of likely N-dealkylation sites (tertiary alicyclic amines) is 1. The molecule has 70 heavy (non-hydrogen) atoms. The number of carboxylic acids is 1. The summed E-state index contributed by atoms with van der Waals surface area (Å²) >= 11 is 8.34. The Balaban J connectivity index is 1.85. The van der Waals surface area contributed by atoms with Crippen LogP contribution in [0.4, 0.5) is 0 Å². The zero-order chi connectivity index (χ0) is 52.2. The van der Waals surface area contributed by atoms with Gasteiger partial charge in [-0.25, -0.2) is 0 Å².